The smallest absolute Gasteiger partial charge is 0.160 e. The van der Waals surface area contributed by atoms with Gasteiger partial charge in [-0.15, -0.1) is 0 Å². The van der Waals surface area contributed by atoms with Crippen LogP contribution in [0.3, 0.4) is 0 Å². The van der Waals surface area contributed by atoms with Crippen LogP contribution >= 0.6 is 0 Å². The van der Waals surface area contributed by atoms with Crippen molar-refractivity contribution in [2.24, 2.45) is 0 Å². The monoisotopic (exact) mass is 338 g/mol. The summed E-state index contributed by atoms with van der Waals surface area (Å²) in [4.78, 5) is 0. The summed E-state index contributed by atoms with van der Waals surface area (Å²) in [5, 5.41) is 48.3. The van der Waals surface area contributed by atoms with Crippen molar-refractivity contribution < 1.29 is 44.5 Å². The van der Waals surface area contributed by atoms with E-state index in [9.17, 15) is 20.4 Å². The number of aliphatic hydroxyl groups is 5. The highest BCUT2D eigenvalue weighted by molar-refractivity contribution is 4.85. The van der Waals surface area contributed by atoms with E-state index >= 15 is 0 Å². The first-order valence-corrected chi connectivity index (χ1v) is 7.83. The predicted octanol–water partition coefficient (Wildman–Crippen LogP) is -2.29. The van der Waals surface area contributed by atoms with Crippen LogP contribution in [0.25, 0.3) is 0 Å². The molecule has 136 valence electrons. The van der Waals surface area contributed by atoms with E-state index in [0.717, 1.165) is 0 Å². The molecule has 2 saturated heterocycles. The standard InChI is InChI=1S/C14H26O9/c1-2-20-11-3-8(17)14(19)10(23-11)6-21-12-4-7(16)13(18)9(5-15)22-12/h7-19H,2-6H2,1H3. The van der Waals surface area contributed by atoms with Crippen LogP contribution in [-0.4, -0.2) is 94.6 Å². The van der Waals surface area contributed by atoms with Gasteiger partial charge in [0.25, 0.3) is 0 Å². The molecule has 23 heavy (non-hydrogen) atoms. The molecular formula is C14H26O9. The molecule has 2 rings (SSSR count). The van der Waals surface area contributed by atoms with Gasteiger partial charge >= 0.3 is 0 Å². The zero-order valence-electron chi connectivity index (χ0n) is 13.0. The lowest BCUT2D eigenvalue weighted by molar-refractivity contribution is -0.291. The molecule has 9 nitrogen and oxygen atoms in total. The molecule has 9 heteroatoms. The van der Waals surface area contributed by atoms with Crippen LogP contribution in [0.5, 0.6) is 0 Å². The highest BCUT2D eigenvalue weighted by Crippen LogP contribution is 2.25. The van der Waals surface area contributed by atoms with Gasteiger partial charge in [-0.25, -0.2) is 0 Å². The number of hydrogen-bond acceptors (Lipinski definition) is 9. The third-order valence-corrected chi connectivity index (χ3v) is 4.05. The molecule has 0 aromatic rings. The first kappa shape index (κ1) is 19.0. The van der Waals surface area contributed by atoms with E-state index in [2.05, 4.69) is 0 Å². The molecule has 0 spiro atoms. The average Bonchev–Trinajstić information content (AvgIpc) is 2.52. The van der Waals surface area contributed by atoms with Crippen molar-refractivity contribution in [2.75, 3.05) is 19.8 Å². The fraction of sp³-hybridized carbons (Fsp3) is 1.00. The normalized spacial score (nSPS) is 45.1. The minimum atomic E-state index is -1.18. The topological polar surface area (TPSA) is 138 Å². The van der Waals surface area contributed by atoms with Crippen molar-refractivity contribution in [1.82, 2.24) is 0 Å². The Balaban J connectivity index is 1.86. The third-order valence-electron chi connectivity index (χ3n) is 4.05. The van der Waals surface area contributed by atoms with Crippen LogP contribution in [0, 0.1) is 0 Å². The molecule has 5 N–H and O–H groups in total. The van der Waals surface area contributed by atoms with Gasteiger partial charge in [-0.05, 0) is 6.92 Å². The summed E-state index contributed by atoms with van der Waals surface area (Å²) in [7, 11) is 0. The van der Waals surface area contributed by atoms with Gasteiger partial charge in [0, 0.05) is 19.4 Å². The summed E-state index contributed by atoms with van der Waals surface area (Å²) >= 11 is 0. The van der Waals surface area contributed by atoms with Crippen molar-refractivity contribution in [3.63, 3.8) is 0 Å². The van der Waals surface area contributed by atoms with Gasteiger partial charge in [-0.2, -0.15) is 0 Å². The first-order chi connectivity index (χ1) is 11.0. The highest BCUT2D eigenvalue weighted by atomic mass is 16.7. The SMILES string of the molecule is CCOC1CC(O)C(O)C(COC2CC(O)C(O)C(CO)O2)O1. The Morgan fingerprint density at radius 1 is 0.870 bits per heavy atom. The zero-order chi connectivity index (χ0) is 17.0. The van der Waals surface area contributed by atoms with Crippen LogP contribution in [0.4, 0.5) is 0 Å². The number of hydrogen-bond donors (Lipinski definition) is 5. The predicted molar refractivity (Wildman–Crippen MR) is 75.2 cm³/mol. The number of ether oxygens (including phenoxy) is 4. The second-order valence-electron chi connectivity index (χ2n) is 5.77. The molecule has 2 heterocycles. The largest absolute Gasteiger partial charge is 0.394 e. The van der Waals surface area contributed by atoms with E-state index in [1.165, 1.54) is 0 Å². The highest BCUT2D eigenvalue weighted by Gasteiger charge is 2.40. The fourth-order valence-corrected chi connectivity index (χ4v) is 2.72. The first-order valence-electron chi connectivity index (χ1n) is 7.83. The second kappa shape index (κ2) is 8.65. The fourth-order valence-electron chi connectivity index (χ4n) is 2.72. The van der Waals surface area contributed by atoms with E-state index in [4.69, 9.17) is 24.1 Å². The Morgan fingerprint density at radius 2 is 1.39 bits per heavy atom. The summed E-state index contributed by atoms with van der Waals surface area (Å²) in [5.41, 5.74) is 0. The maximum Gasteiger partial charge on any atom is 0.160 e. The van der Waals surface area contributed by atoms with Crippen LogP contribution in [0.2, 0.25) is 0 Å². The van der Waals surface area contributed by atoms with Crippen molar-refractivity contribution in [3.05, 3.63) is 0 Å². The van der Waals surface area contributed by atoms with E-state index in [1.807, 2.05) is 0 Å². The van der Waals surface area contributed by atoms with Crippen LogP contribution in [0.15, 0.2) is 0 Å². The molecule has 0 aromatic carbocycles. The Hall–Kier alpha value is -0.360. The van der Waals surface area contributed by atoms with E-state index in [1.54, 1.807) is 6.92 Å². The van der Waals surface area contributed by atoms with Crippen LogP contribution in [-0.2, 0) is 18.9 Å². The van der Waals surface area contributed by atoms with Crippen LogP contribution < -0.4 is 0 Å². The minimum Gasteiger partial charge on any atom is -0.394 e. The lowest BCUT2D eigenvalue weighted by atomic mass is 10.0. The third kappa shape index (κ3) is 4.81. The van der Waals surface area contributed by atoms with E-state index in [-0.39, 0.29) is 19.4 Å². The quantitative estimate of drug-likeness (QED) is 0.362. The molecule has 2 fully saturated rings. The molecule has 8 unspecified atom stereocenters. The van der Waals surface area contributed by atoms with E-state index < -0.39 is 55.8 Å². The van der Waals surface area contributed by atoms with Gasteiger partial charge in [-0.3, -0.25) is 0 Å². The molecule has 0 aliphatic carbocycles. The Bertz CT molecular complexity index is 355. The summed E-state index contributed by atoms with van der Waals surface area (Å²) in [5.74, 6) is 0. The van der Waals surface area contributed by atoms with Crippen molar-refractivity contribution in [3.8, 4) is 0 Å². The minimum absolute atomic E-state index is 0.0257. The Kier molecular flexibility index (Phi) is 7.14. The molecule has 0 saturated carbocycles. The number of rotatable bonds is 6. The lowest BCUT2D eigenvalue weighted by Gasteiger charge is -2.39. The summed E-state index contributed by atoms with van der Waals surface area (Å²) in [6.45, 7) is 1.66. The van der Waals surface area contributed by atoms with Crippen molar-refractivity contribution in [1.29, 1.82) is 0 Å². The van der Waals surface area contributed by atoms with Gasteiger partial charge in [-0.1, -0.05) is 0 Å². The average molecular weight is 338 g/mol. The summed E-state index contributed by atoms with van der Waals surface area (Å²) in [6.07, 6.45) is -7.41. The molecular weight excluding hydrogens is 312 g/mol. The van der Waals surface area contributed by atoms with Crippen LogP contribution in [0.1, 0.15) is 19.8 Å². The van der Waals surface area contributed by atoms with Gasteiger partial charge < -0.3 is 44.5 Å². The molecule has 2 aliphatic heterocycles. The van der Waals surface area contributed by atoms with Crippen molar-refractivity contribution in [2.45, 2.75) is 69.0 Å². The molecule has 0 amide bonds. The molecule has 0 radical (unpaired) electrons. The summed E-state index contributed by atoms with van der Waals surface area (Å²) in [6, 6.07) is 0. The number of aliphatic hydroxyl groups excluding tert-OH is 5. The van der Waals surface area contributed by atoms with Crippen molar-refractivity contribution >= 4 is 0 Å². The Labute approximate surface area is 134 Å². The molecule has 0 aromatic heterocycles. The molecule has 8 atom stereocenters. The lowest BCUT2D eigenvalue weighted by Crippen LogP contribution is -2.53. The molecule has 2 aliphatic rings. The van der Waals surface area contributed by atoms with Gasteiger partial charge in [0.15, 0.2) is 12.6 Å². The van der Waals surface area contributed by atoms with Gasteiger partial charge in [0.2, 0.25) is 0 Å². The summed E-state index contributed by atoms with van der Waals surface area (Å²) < 4.78 is 21.6. The zero-order valence-corrected chi connectivity index (χ0v) is 13.0. The maximum absolute atomic E-state index is 9.96. The van der Waals surface area contributed by atoms with Gasteiger partial charge in [0.1, 0.15) is 24.4 Å². The maximum atomic E-state index is 9.96. The van der Waals surface area contributed by atoms with E-state index in [0.29, 0.717) is 6.61 Å². The Morgan fingerprint density at radius 3 is 1.96 bits per heavy atom. The molecule has 0 bridgehead atoms. The van der Waals surface area contributed by atoms with Gasteiger partial charge in [0.05, 0.1) is 25.4 Å². The second-order valence-corrected chi connectivity index (χ2v) is 5.77.